The zero-order chi connectivity index (χ0) is 16.3. The van der Waals surface area contributed by atoms with Crippen molar-refractivity contribution in [1.82, 2.24) is 0 Å². The third-order valence-corrected chi connectivity index (χ3v) is 9.66. The molecule has 0 aliphatic carbocycles. The van der Waals surface area contributed by atoms with Gasteiger partial charge in [0.1, 0.15) is 0 Å². The molecule has 0 aromatic heterocycles. The Morgan fingerprint density at radius 3 is 1.73 bits per heavy atom. The molecule has 124 valence electrons. The summed E-state index contributed by atoms with van der Waals surface area (Å²) in [6, 6.07) is 9.38. The molecule has 0 aliphatic rings. The van der Waals surface area contributed by atoms with E-state index in [2.05, 4.69) is 51.6 Å². The van der Waals surface area contributed by atoms with E-state index in [0.717, 1.165) is 0 Å². The van der Waals surface area contributed by atoms with Crippen LogP contribution >= 0.6 is 7.26 Å². The molecule has 0 spiro atoms. The average Bonchev–Trinajstić information content (AvgIpc) is 2.57. The lowest BCUT2D eigenvalue weighted by Gasteiger charge is -2.28. The van der Waals surface area contributed by atoms with Gasteiger partial charge >= 0.3 is 0 Å². The fourth-order valence-corrected chi connectivity index (χ4v) is 8.13. The standard InChI is InChI=1S/C21H36P/c1-5-9-12-19-22(17-10-6-2,18-11-7-3)21-15-13-20(8-4)14-16-21/h8,13-16H,4-7,9-12,17-19H2,1-3H3/q+1. The molecule has 1 aromatic carbocycles. The summed E-state index contributed by atoms with van der Waals surface area (Å²) in [5.41, 5.74) is 1.25. The van der Waals surface area contributed by atoms with E-state index in [9.17, 15) is 0 Å². The van der Waals surface area contributed by atoms with Gasteiger partial charge in [0.2, 0.25) is 0 Å². The molecule has 22 heavy (non-hydrogen) atoms. The molecule has 0 bridgehead atoms. The lowest BCUT2D eigenvalue weighted by atomic mass is 10.2. The van der Waals surface area contributed by atoms with Gasteiger partial charge in [0.05, 0.1) is 23.8 Å². The number of unbranched alkanes of at least 4 members (excludes halogenated alkanes) is 4. The van der Waals surface area contributed by atoms with Crippen molar-refractivity contribution < 1.29 is 0 Å². The first kappa shape index (κ1) is 19.4. The van der Waals surface area contributed by atoms with Crippen molar-refractivity contribution in [3.8, 4) is 0 Å². The van der Waals surface area contributed by atoms with Crippen LogP contribution < -0.4 is 5.30 Å². The predicted octanol–water partition coefficient (Wildman–Crippen LogP) is 6.76. The zero-order valence-corrected chi connectivity index (χ0v) is 16.0. The maximum absolute atomic E-state index is 3.89. The first-order chi connectivity index (χ1) is 10.7. The Bertz CT molecular complexity index is 396. The van der Waals surface area contributed by atoms with Gasteiger partial charge in [-0.3, -0.25) is 0 Å². The highest BCUT2D eigenvalue weighted by Crippen LogP contribution is 2.59. The summed E-state index contributed by atoms with van der Waals surface area (Å²) in [7, 11) is -0.976. The highest BCUT2D eigenvalue weighted by atomic mass is 31.2. The maximum atomic E-state index is 3.89. The van der Waals surface area contributed by atoms with Crippen LogP contribution in [0.4, 0.5) is 0 Å². The largest absolute Gasteiger partial charge is 0.0985 e. The summed E-state index contributed by atoms with van der Waals surface area (Å²) in [6.07, 6.45) is 15.9. The van der Waals surface area contributed by atoms with Crippen LogP contribution in [0.25, 0.3) is 6.08 Å². The fourth-order valence-electron chi connectivity index (χ4n) is 3.24. The number of rotatable bonds is 12. The van der Waals surface area contributed by atoms with E-state index in [4.69, 9.17) is 0 Å². The lowest BCUT2D eigenvalue weighted by Crippen LogP contribution is -2.21. The Hall–Kier alpha value is -0.610. The summed E-state index contributed by atoms with van der Waals surface area (Å²) >= 11 is 0. The van der Waals surface area contributed by atoms with Crippen molar-refractivity contribution in [1.29, 1.82) is 0 Å². The molecule has 0 saturated heterocycles. The van der Waals surface area contributed by atoms with Gasteiger partial charge in [0.25, 0.3) is 0 Å². The lowest BCUT2D eigenvalue weighted by molar-refractivity contribution is 0.768. The number of benzene rings is 1. The minimum absolute atomic E-state index is 0.976. The van der Waals surface area contributed by atoms with Gasteiger partial charge in [0.15, 0.2) is 0 Å². The molecule has 0 unspecified atom stereocenters. The number of hydrogen-bond donors (Lipinski definition) is 0. The van der Waals surface area contributed by atoms with Gasteiger partial charge in [-0.1, -0.05) is 71.2 Å². The highest BCUT2D eigenvalue weighted by molar-refractivity contribution is 7.82. The van der Waals surface area contributed by atoms with Crippen molar-refractivity contribution in [2.75, 3.05) is 18.5 Å². The molecule has 0 N–H and O–H groups in total. The molecule has 0 fully saturated rings. The predicted molar refractivity (Wildman–Crippen MR) is 107 cm³/mol. The van der Waals surface area contributed by atoms with Crippen LogP contribution in [-0.4, -0.2) is 18.5 Å². The van der Waals surface area contributed by atoms with Gasteiger partial charge in [-0.05, 0) is 37.0 Å². The molecule has 0 atom stereocenters. The zero-order valence-electron chi connectivity index (χ0n) is 15.1. The van der Waals surface area contributed by atoms with Crippen LogP contribution in [0, 0.1) is 0 Å². The van der Waals surface area contributed by atoms with Gasteiger partial charge < -0.3 is 0 Å². The molecule has 0 amide bonds. The molecule has 0 heterocycles. The smallest absolute Gasteiger partial charge is 0.0939 e. The van der Waals surface area contributed by atoms with E-state index in [1.54, 1.807) is 5.30 Å². The summed E-state index contributed by atoms with van der Waals surface area (Å²) in [5, 5.41) is 1.68. The quantitative estimate of drug-likeness (QED) is 0.295. The molecule has 0 aliphatic heterocycles. The Labute approximate surface area is 139 Å². The second-order valence-corrected chi connectivity index (χ2v) is 10.7. The molecule has 1 heteroatoms. The van der Waals surface area contributed by atoms with Crippen LogP contribution in [0.2, 0.25) is 0 Å². The molecule has 0 nitrogen and oxygen atoms in total. The van der Waals surface area contributed by atoms with E-state index in [1.165, 1.54) is 69.0 Å². The normalized spacial score (nSPS) is 11.6. The van der Waals surface area contributed by atoms with Crippen molar-refractivity contribution >= 4 is 18.6 Å². The Morgan fingerprint density at radius 1 is 0.773 bits per heavy atom. The summed E-state index contributed by atoms with van der Waals surface area (Å²) in [6.45, 7) is 10.9. The van der Waals surface area contributed by atoms with E-state index in [1.807, 2.05) is 6.08 Å². The molecular weight excluding hydrogens is 283 g/mol. The van der Waals surface area contributed by atoms with Crippen LogP contribution in [0.3, 0.4) is 0 Å². The first-order valence-electron chi connectivity index (χ1n) is 9.31. The third-order valence-electron chi connectivity index (χ3n) is 4.75. The Morgan fingerprint density at radius 2 is 1.27 bits per heavy atom. The molecule has 0 saturated carbocycles. The topological polar surface area (TPSA) is 0 Å². The van der Waals surface area contributed by atoms with Crippen LogP contribution in [0.1, 0.15) is 71.3 Å². The summed E-state index contributed by atoms with van der Waals surface area (Å²) < 4.78 is 0. The van der Waals surface area contributed by atoms with Gasteiger partial charge in [-0.25, -0.2) is 0 Å². The molecular formula is C21H36P+. The second-order valence-electron chi connectivity index (χ2n) is 6.53. The summed E-state index contributed by atoms with van der Waals surface area (Å²) in [4.78, 5) is 0. The molecule has 1 rings (SSSR count). The van der Waals surface area contributed by atoms with Gasteiger partial charge in [0, 0.05) is 7.26 Å². The first-order valence-corrected chi connectivity index (χ1v) is 11.7. The third kappa shape index (κ3) is 5.88. The van der Waals surface area contributed by atoms with Crippen LogP contribution in [0.5, 0.6) is 0 Å². The maximum Gasteiger partial charge on any atom is 0.0939 e. The van der Waals surface area contributed by atoms with Crippen molar-refractivity contribution in [3.05, 3.63) is 36.4 Å². The van der Waals surface area contributed by atoms with E-state index in [-0.39, 0.29) is 0 Å². The molecule has 1 aromatic rings. The Kier molecular flexibility index (Phi) is 9.73. The van der Waals surface area contributed by atoms with Crippen LogP contribution in [0.15, 0.2) is 30.8 Å². The fraction of sp³-hybridized carbons (Fsp3) is 0.619. The minimum Gasteiger partial charge on any atom is -0.0985 e. The second kappa shape index (κ2) is 11.0. The minimum atomic E-state index is -0.976. The van der Waals surface area contributed by atoms with Crippen LogP contribution in [-0.2, 0) is 0 Å². The van der Waals surface area contributed by atoms with Crippen molar-refractivity contribution in [3.63, 3.8) is 0 Å². The van der Waals surface area contributed by atoms with Gasteiger partial charge in [-0.2, -0.15) is 0 Å². The van der Waals surface area contributed by atoms with Crippen molar-refractivity contribution in [2.24, 2.45) is 0 Å². The Balaban J connectivity index is 3.02. The van der Waals surface area contributed by atoms with E-state index < -0.39 is 7.26 Å². The van der Waals surface area contributed by atoms with E-state index >= 15 is 0 Å². The monoisotopic (exact) mass is 319 g/mol. The average molecular weight is 319 g/mol. The summed E-state index contributed by atoms with van der Waals surface area (Å²) in [5.74, 6) is 0. The molecule has 0 radical (unpaired) electrons. The number of hydrogen-bond acceptors (Lipinski definition) is 0. The highest BCUT2D eigenvalue weighted by Gasteiger charge is 2.37. The SMILES string of the molecule is C=Cc1ccc([P+](CCCC)(CCCC)CCCCC)cc1. The van der Waals surface area contributed by atoms with Crippen molar-refractivity contribution in [2.45, 2.75) is 65.7 Å². The van der Waals surface area contributed by atoms with E-state index in [0.29, 0.717) is 0 Å². The van der Waals surface area contributed by atoms with Gasteiger partial charge in [-0.15, -0.1) is 0 Å².